The van der Waals surface area contributed by atoms with Crippen molar-refractivity contribution in [1.29, 1.82) is 0 Å². The third-order valence-electron chi connectivity index (χ3n) is 4.34. The number of aromatic amines is 1. The van der Waals surface area contributed by atoms with Crippen molar-refractivity contribution in [3.05, 3.63) is 48.2 Å². The molecule has 0 unspecified atom stereocenters. The van der Waals surface area contributed by atoms with Gasteiger partial charge in [0.05, 0.1) is 0 Å². The summed E-state index contributed by atoms with van der Waals surface area (Å²) in [5.74, 6) is 0.843. The Bertz CT molecular complexity index is 582. The summed E-state index contributed by atoms with van der Waals surface area (Å²) in [5.41, 5.74) is 2.66. The van der Waals surface area contributed by atoms with Crippen LogP contribution in [0.5, 0.6) is 0 Å². The van der Waals surface area contributed by atoms with Crippen LogP contribution in [-0.4, -0.2) is 23.5 Å². The molecule has 3 heteroatoms. The quantitative estimate of drug-likeness (QED) is 0.789. The van der Waals surface area contributed by atoms with Crippen molar-refractivity contribution in [2.75, 3.05) is 13.6 Å². The van der Waals surface area contributed by atoms with Crippen molar-refractivity contribution in [2.24, 2.45) is 5.92 Å². The molecule has 1 aliphatic carbocycles. The summed E-state index contributed by atoms with van der Waals surface area (Å²) in [7, 11) is 2.20. The van der Waals surface area contributed by atoms with Gasteiger partial charge in [-0.25, -0.2) is 0 Å². The zero-order valence-corrected chi connectivity index (χ0v) is 13.5. The number of fused-ring (bicyclic) bond motifs is 1. The van der Waals surface area contributed by atoms with E-state index < -0.39 is 0 Å². The number of nitrogens with one attached hydrogen (secondary N) is 1. The van der Waals surface area contributed by atoms with Crippen molar-refractivity contribution in [1.82, 2.24) is 9.88 Å². The van der Waals surface area contributed by atoms with Crippen LogP contribution >= 0.6 is 12.4 Å². The van der Waals surface area contributed by atoms with E-state index >= 15 is 0 Å². The first kappa shape index (κ1) is 16.1. The van der Waals surface area contributed by atoms with Crippen molar-refractivity contribution < 1.29 is 0 Å². The summed E-state index contributed by atoms with van der Waals surface area (Å²) in [6.45, 7) is 2.03. The molecule has 21 heavy (non-hydrogen) atoms. The van der Waals surface area contributed by atoms with E-state index in [1.54, 1.807) is 0 Å². The highest BCUT2D eigenvalue weighted by atomic mass is 35.5. The van der Waals surface area contributed by atoms with Gasteiger partial charge in [0.1, 0.15) is 0 Å². The summed E-state index contributed by atoms with van der Waals surface area (Å²) in [5, 5.41) is 1.30. The first-order chi connectivity index (χ1) is 9.83. The molecule has 1 saturated carbocycles. The van der Waals surface area contributed by atoms with Crippen LogP contribution in [0.1, 0.15) is 31.2 Å². The van der Waals surface area contributed by atoms with Gasteiger partial charge in [0.2, 0.25) is 0 Å². The number of para-hydroxylation sites is 1. The molecule has 0 spiro atoms. The van der Waals surface area contributed by atoms with Gasteiger partial charge in [-0.2, -0.15) is 0 Å². The van der Waals surface area contributed by atoms with Crippen LogP contribution in [0.15, 0.2) is 42.6 Å². The standard InChI is InChI=1S/C18H24N2.ClH/c1-20(13-5-8-15-6-2-3-7-15)14-17-10-4-9-16-11-12-19-18(16)17;/h4-5,8-12,15,19H,2-3,6-7,13-14H2,1H3;1H/b8-5+;. The first-order valence-electron chi connectivity index (χ1n) is 7.73. The smallest absolute Gasteiger partial charge is 0.0499 e. The minimum Gasteiger partial charge on any atom is -0.361 e. The largest absolute Gasteiger partial charge is 0.361 e. The van der Waals surface area contributed by atoms with Crippen molar-refractivity contribution in [3.63, 3.8) is 0 Å². The molecule has 1 fully saturated rings. The van der Waals surface area contributed by atoms with Crippen molar-refractivity contribution in [2.45, 2.75) is 32.2 Å². The molecule has 1 N–H and O–H groups in total. The number of likely N-dealkylation sites (N-methyl/N-ethyl adjacent to an activating group) is 1. The second kappa shape index (κ2) is 7.67. The summed E-state index contributed by atoms with van der Waals surface area (Å²) in [6.07, 6.45) is 12.4. The van der Waals surface area contributed by atoms with Crippen LogP contribution < -0.4 is 0 Å². The summed E-state index contributed by atoms with van der Waals surface area (Å²) in [4.78, 5) is 5.73. The number of hydrogen-bond donors (Lipinski definition) is 1. The third kappa shape index (κ3) is 4.12. The van der Waals surface area contributed by atoms with Crippen LogP contribution in [0.4, 0.5) is 0 Å². The van der Waals surface area contributed by atoms with Crippen molar-refractivity contribution in [3.8, 4) is 0 Å². The van der Waals surface area contributed by atoms with Crippen LogP contribution in [0.2, 0.25) is 0 Å². The Morgan fingerprint density at radius 3 is 2.86 bits per heavy atom. The van der Waals surface area contributed by atoms with Gasteiger partial charge in [-0.15, -0.1) is 12.4 Å². The molecule has 2 nitrogen and oxygen atoms in total. The van der Waals surface area contributed by atoms with E-state index in [1.165, 1.54) is 42.1 Å². The molecule has 1 aliphatic rings. The Hall–Kier alpha value is -1.25. The number of allylic oxidation sites excluding steroid dienone is 1. The highest BCUT2D eigenvalue weighted by molar-refractivity contribution is 5.85. The zero-order valence-electron chi connectivity index (χ0n) is 12.7. The number of benzene rings is 1. The minimum absolute atomic E-state index is 0. The minimum atomic E-state index is 0. The Morgan fingerprint density at radius 1 is 1.24 bits per heavy atom. The predicted octanol–water partition coefficient (Wildman–Crippen LogP) is 4.77. The van der Waals surface area contributed by atoms with Gasteiger partial charge in [0, 0.05) is 24.8 Å². The molecular formula is C18H25ClN2. The van der Waals surface area contributed by atoms with Crippen LogP contribution in [0, 0.1) is 5.92 Å². The Morgan fingerprint density at radius 2 is 2.05 bits per heavy atom. The highest BCUT2D eigenvalue weighted by Crippen LogP contribution is 2.25. The Kier molecular flexibility index (Phi) is 5.89. The molecule has 0 saturated heterocycles. The Balaban J connectivity index is 0.00000161. The molecule has 0 bridgehead atoms. The average Bonchev–Trinajstić information content (AvgIpc) is 3.09. The van der Waals surface area contributed by atoms with Gasteiger partial charge in [-0.3, -0.25) is 4.90 Å². The lowest BCUT2D eigenvalue weighted by molar-refractivity contribution is 0.364. The zero-order chi connectivity index (χ0) is 13.8. The number of aromatic nitrogens is 1. The van der Waals surface area contributed by atoms with E-state index in [0.29, 0.717) is 0 Å². The van der Waals surface area contributed by atoms with Gasteiger partial charge in [-0.1, -0.05) is 43.2 Å². The van der Waals surface area contributed by atoms with E-state index in [9.17, 15) is 0 Å². The van der Waals surface area contributed by atoms with Gasteiger partial charge in [0.25, 0.3) is 0 Å². The molecule has 1 heterocycles. The fourth-order valence-corrected chi connectivity index (χ4v) is 3.22. The van der Waals surface area contributed by atoms with E-state index in [1.807, 2.05) is 6.20 Å². The van der Waals surface area contributed by atoms with Crippen LogP contribution in [0.25, 0.3) is 10.9 Å². The van der Waals surface area contributed by atoms with E-state index in [2.05, 4.69) is 53.3 Å². The summed E-state index contributed by atoms with van der Waals surface area (Å²) >= 11 is 0. The van der Waals surface area contributed by atoms with E-state index in [0.717, 1.165) is 19.0 Å². The molecule has 0 radical (unpaired) electrons. The molecule has 1 aromatic carbocycles. The number of hydrogen-bond acceptors (Lipinski definition) is 1. The topological polar surface area (TPSA) is 19.0 Å². The van der Waals surface area contributed by atoms with Crippen LogP contribution in [-0.2, 0) is 6.54 Å². The first-order valence-corrected chi connectivity index (χ1v) is 7.73. The van der Waals surface area contributed by atoms with E-state index in [4.69, 9.17) is 0 Å². The van der Waals surface area contributed by atoms with Gasteiger partial charge < -0.3 is 4.98 Å². The highest BCUT2D eigenvalue weighted by Gasteiger charge is 2.11. The molecule has 1 aromatic heterocycles. The number of H-pyrrole nitrogens is 1. The molecular weight excluding hydrogens is 280 g/mol. The lowest BCUT2D eigenvalue weighted by Crippen LogP contribution is -2.18. The van der Waals surface area contributed by atoms with Crippen molar-refractivity contribution >= 4 is 23.3 Å². The van der Waals surface area contributed by atoms with E-state index in [-0.39, 0.29) is 12.4 Å². The second-order valence-electron chi connectivity index (χ2n) is 6.03. The molecule has 2 aromatic rings. The number of rotatable bonds is 5. The van der Waals surface area contributed by atoms with Crippen LogP contribution in [0.3, 0.4) is 0 Å². The summed E-state index contributed by atoms with van der Waals surface area (Å²) in [6, 6.07) is 8.66. The molecule has 0 aliphatic heterocycles. The number of nitrogens with zero attached hydrogens (tertiary/aromatic N) is 1. The van der Waals surface area contributed by atoms with Gasteiger partial charge in [-0.05, 0) is 42.8 Å². The second-order valence-corrected chi connectivity index (χ2v) is 6.03. The summed E-state index contributed by atoms with van der Waals surface area (Å²) < 4.78 is 0. The lowest BCUT2D eigenvalue weighted by Gasteiger charge is -2.15. The lowest BCUT2D eigenvalue weighted by atomic mass is 10.1. The molecule has 0 atom stereocenters. The fourth-order valence-electron chi connectivity index (χ4n) is 3.22. The van der Waals surface area contributed by atoms with Gasteiger partial charge in [0.15, 0.2) is 0 Å². The molecule has 114 valence electrons. The third-order valence-corrected chi connectivity index (χ3v) is 4.34. The Labute approximate surface area is 133 Å². The fraction of sp³-hybridized carbons (Fsp3) is 0.444. The normalized spacial score (nSPS) is 16.1. The monoisotopic (exact) mass is 304 g/mol. The average molecular weight is 305 g/mol. The maximum atomic E-state index is 3.35. The molecule has 3 rings (SSSR count). The van der Waals surface area contributed by atoms with Gasteiger partial charge >= 0.3 is 0 Å². The number of halogens is 1. The maximum Gasteiger partial charge on any atom is 0.0499 e. The SMILES string of the molecule is CN(C/C=C/C1CCCC1)Cc1cccc2cc[nH]c12.Cl. The molecule has 0 amide bonds. The maximum absolute atomic E-state index is 3.35. The predicted molar refractivity (Wildman–Crippen MR) is 93.0 cm³/mol.